The van der Waals surface area contributed by atoms with E-state index in [0.717, 1.165) is 25.9 Å². The molecule has 1 N–H and O–H groups in total. The van der Waals surface area contributed by atoms with E-state index in [-0.39, 0.29) is 0 Å². The Morgan fingerprint density at radius 3 is 2.65 bits per heavy atom. The van der Waals surface area contributed by atoms with Gasteiger partial charge in [0, 0.05) is 5.56 Å². The van der Waals surface area contributed by atoms with E-state index in [1.165, 1.54) is 0 Å². The Kier molecular flexibility index (Phi) is 5.84. The summed E-state index contributed by atoms with van der Waals surface area (Å²) in [4.78, 5) is 0. The van der Waals surface area contributed by atoms with E-state index in [2.05, 4.69) is 12.2 Å². The van der Waals surface area contributed by atoms with Gasteiger partial charge in [-0.2, -0.15) is 0 Å². The van der Waals surface area contributed by atoms with Crippen LogP contribution in [0.5, 0.6) is 0 Å². The molecular formula is C14H19F2N. The maximum atomic E-state index is 13.5. The Bertz CT molecular complexity index is 386. The molecule has 0 atom stereocenters. The zero-order valence-corrected chi connectivity index (χ0v) is 10.4. The summed E-state index contributed by atoms with van der Waals surface area (Å²) in [5.41, 5.74) is 0.646. The third kappa shape index (κ3) is 4.27. The Morgan fingerprint density at radius 2 is 1.94 bits per heavy atom. The van der Waals surface area contributed by atoms with Crippen LogP contribution < -0.4 is 5.32 Å². The van der Waals surface area contributed by atoms with Crippen LogP contribution in [0.15, 0.2) is 18.2 Å². The lowest BCUT2D eigenvalue weighted by molar-refractivity contribution is 0.501. The van der Waals surface area contributed by atoms with Crippen molar-refractivity contribution in [3.8, 4) is 0 Å². The van der Waals surface area contributed by atoms with Crippen molar-refractivity contribution in [3.05, 3.63) is 41.0 Å². The molecule has 1 nitrogen and oxygen atoms in total. The van der Waals surface area contributed by atoms with Crippen LogP contribution in [0.25, 0.3) is 6.08 Å². The summed E-state index contributed by atoms with van der Waals surface area (Å²) in [5.74, 6) is -1.51. The first-order valence-corrected chi connectivity index (χ1v) is 5.98. The van der Waals surface area contributed by atoms with Gasteiger partial charge in [-0.25, -0.2) is 8.78 Å². The molecule has 0 bridgehead atoms. The lowest BCUT2D eigenvalue weighted by atomic mass is 10.1. The van der Waals surface area contributed by atoms with Crippen LogP contribution in [0.2, 0.25) is 0 Å². The number of hydrogen-bond acceptors (Lipinski definition) is 1. The third-order valence-corrected chi connectivity index (χ3v) is 2.52. The smallest absolute Gasteiger partial charge is 0.166 e. The molecule has 0 amide bonds. The molecule has 0 spiro atoms. The summed E-state index contributed by atoms with van der Waals surface area (Å²) < 4.78 is 26.7. The van der Waals surface area contributed by atoms with Gasteiger partial charge in [0.05, 0.1) is 0 Å². The highest BCUT2D eigenvalue weighted by atomic mass is 19.2. The molecule has 0 unspecified atom stereocenters. The number of hydrogen-bond donors (Lipinski definition) is 1. The van der Waals surface area contributed by atoms with E-state index in [9.17, 15) is 8.78 Å². The van der Waals surface area contributed by atoms with Gasteiger partial charge in [0.15, 0.2) is 11.6 Å². The van der Waals surface area contributed by atoms with E-state index in [0.29, 0.717) is 11.1 Å². The van der Waals surface area contributed by atoms with E-state index in [1.54, 1.807) is 25.1 Å². The van der Waals surface area contributed by atoms with Gasteiger partial charge in [-0.1, -0.05) is 31.2 Å². The molecule has 0 saturated heterocycles. The average Bonchev–Trinajstić information content (AvgIpc) is 2.33. The topological polar surface area (TPSA) is 12.0 Å². The van der Waals surface area contributed by atoms with Crippen LogP contribution in [0.4, 0.5) is 8.78 Å². The molecule has 0 radical (unpaired) electrons. The summed E-state index contributed by atoms with van der Waals surface area (Å²) in [6.07, 6.45) is 5.40. The maximum absolute atomic E-state index is 13.5. The summed E-state index contributed by atoms with van der Waals surface area (Å²) in [6, 6.07) is 3.19. The second-order valence-corrected chi connectivity index (χ2v) is 4.04. The molecule has 0 aliphatic rings. The summed E-state index contributed by atoms with van der Waals surface area (Å²) in [5, 5.41) is 3.24. The SMILES string of the molecule is CCCNCC/C=C/c1ccc(C)c(F)c1F. The zero-order valence-electron chi connectivity index (χ0n) is 10.4. The van der Waals surface area contributed by atoms with E-state index in [4.69, 9.17) is 0 Å². The Hall–Kier alpha value is -1.22. The van der Waals surface area contributed by atoms with Gasteiger partial charge in [0.2, 0.25) is 0 Å². The monoisotopic (exact) mass is 239 g/mol. The fourth-order valence-corrected chi connectivity index (χ4v) is 1.49. The van der Waals surface area contributed by atoms with Crippen molar-refractivity contribution in [1.29, 1.82) is 0 Å². The van der Waals surface area contributed by atoms with E-state index >= 15 is 0 Å². The molecule has 1 aromatic carbocycles. The Labute approximate surface area is 102 Å². The molecule has 0 saturated carbocycles. The molecular weight excluding hydrogens is 220 g/mol. The minimum Gasteiger partial charge on any atom is -0.316 e. The number of benzene rings is 1. The van der Waals surface area contributed by atoms with Crippen molar-refractivity contribution in [2.45, 2.75) is 26.7 Å². The lowest BCUT2D eigenvalue weighted by Gasteiger charge is -2.02. The lowest BCUT2D eigenvalue weighted by Crippen LogP contribution is -2.14. The number of nitrogens with one attached hydrogen (secondary N) is 1. The van der Waals surface area contributed by atoms with Crippen LogP contribution in [0.3, 0.4) is 0 Å². The fraction of sp³-hybridized carbons (Fsp3) is 0.429. The molecule has 0 aliphatic carbocycles. The molecule has 94 valence electrons. The van der Waals surface area contributed by atoms with E-state index in [1.807, 2.05) is 6.08 Å². The molecule has 0 heterocycles. The average molecular weight is 239 g/mol. The number of rotatable bonds is 6. The van der Waals surface area contributed by atoms with Crippen LogP contribution in [-0.2, 0) is 0 Å². The standard InChI is InChI=1S/C14H19F2N/c1-3-9-17-10-5-4-6-12-8-7-11(2)13(15)14(12)16/h4,6-8,17H,3,5,9-10H2,1-2H3/b6-4+. The van der Waals surface area contributed by atoms with Gasteiger partial charge < -0.3 is 5.32 Å². The third-order valence-electron chi connectivity index (χ3n) is 2.52. The molecule has 0 aromatic heterocycles. The second kappa shape index (κ2) is 7.17. The first kappa shape index (κ1) is 13.8. The quantitative estimate of drug-likeness (QED) is 0.747. The van der Waals surface area contributed by atoms with Crippen molar-refractivity contribution in [2.24, 2.45) is 0 Å². The highest BCUT2D eigenvalue weighted by Crippen LogP contribution is 2.16. The highest BCUT2D eigenvalue weighted by Gasteiger charge is 2.07. The Morgan fingerprint density at radius 1 is 1.18 bits per heavy atom. The largest absolute Gasteiger partial charge is 0.316 e. The predicted octanol–water partition coefficient (Wildman–Crippen LogP) is 3.68. The fourth-order valence-electron chi connectivity index (χ4n) is 1.49. The van der Waals surface area contributed by atoms with E-state index < -0.39 is 11.6 Å². The summed E-state index contributed by atoms with van der Waals surface area (Å²) in [7, 11) is 0. The number of halogens is 2. The van der Waals surface area contributed by atoms with Crippen LogP contribution in [0, 0.1) is 18.6 Å². The first-order chi connectivity index (χ1) is 8.16. The van der Waals surface area contributed by atoms with Crippen LogP contribution >= 0.6 is 0 Å². The van der Waals surface area contributed by atoms with Gasteiger partial charge in [-0.15, -0.1) is 0 Å². The molecule has 1 rings (SSSR count). The predicted molar refractivity (Wildman–Crippen MR) is 67.9 cm³/mol. The zero-order chi connectivity index (χ0) is 12.7. The van der Waals surface area contributed by atoms with Crippen molar-refractivity contribution < 1.29 is 8.78 Å². The van der Waals surface area contributed by atoms with Crippen LogP contribution in [-0.4, -0.2) is 13.1 Å². The highest BCUT2D eigenvalue weighted by molar-refractivity contribution is 5.50. The van der Waals surface area contributed by atoms with Crippen LogP contribution in [0.1, 0.15) is 30.9 Å². The first-order valence-electron chi connectivity index (χ1n) is 5.98. The minimum absolute atomic E-state index is 0.309. The van der Waals surface area contributed by atoms with Crippen molar-refractivity contribution in [3.63, 3.8) is 0 Å². The van der Waals surface area contributed by atoms with Crippen molar-refractivity contribution in [1.82, 2.24) is 5.32 Å². The van der Waals surface area contributed by atoms with Gasteiger partial charge >= 0.3 is 0 Å². The normalized spacial score (nSPS) is 11.3. The molecule has 17 heavy (non-hydrogen) atoms. The summed E-state index contributed by atoms with van der Waals surface area (Å²) in [6.45, 7) is 5.51. The van der Waals surface area contributed by atoms with Gasteiger partial charge in [-0.05, 0) is 38.4 Å². The maximum Gasteiger partial charge on any atom is 0.166 e. The molecule has 0 fully saturated rings. The van der Waals surface area contributed by atoms with Gasteiger partial charge in [-0.3, -0.25) is 0 Å². The van der Waals surface area contributed by atoms with Crippen molar-refractivity contribution >= 4 is 6.08 Å². The van der Waals surface area contributed by atoms with Crippen molar-refractivity contribution in [2.75, 3.05) is 13.1 Å². The second-order valence-electron chi connectivity index (χ2n) is 4.04. The minimum atomic E-state index is -0.761. The summed E-state index contributed by atoms with van der Waals surface area (Å²) >= 11 is 0. The molecule has 3 heteroatoms. The number of aryl methyl sites for hydroxylation is 1. The molecule has 1 aromatic rings. The Balaban J connectivity index is 2.51. The molecule has 0 aliphatic heterocycles. The van der Waals surface area contributed by atoms with Gasteiger partial charge in [0.25, 0.3) is 0 Å². The van der Waals surface area contributed by atoms with Gasteiger partial charge in [0.1, 0.15) is 0 Å².